The van der Waals surface area contributed by atoms with Gasteiger partial charge in [0.05, 0.1) is 34.1 Å². The Balaban J connectivity index is 1.55. The van der Waals surface area contributed by atoms with E-state index in [1.807, 2.05) is 6.92 Å². The van der Waals surface area contributed by atoms with Crippen LogP contribution in [0.1, 0.15) is 28.7 Å². The SMILES string of the molecule is CCSc1nnc(NC(=O)CSc2nnc(CNC(=O)c3ccc(Cl)cc3Cl)n2-c2cccc(C(F)(F)F)c2)s1. The first-order chi connectivity index (χ1) is 19.0. The van der Waals surface area contributed by atoms with Gasteiger partial charge in [0.15, 0.2) is 15.3 Å². The highest BCUT2D eigenvalue weighted by Gasteiger charge is 2.31. The Kier molecular flexibility index (Phi) is 9.94. The smallest absolute Gasteiger partial charge is 0.345 e. The molecule has 0 unspecified atom stereocenters. The summed E-state index contributed by atoms with van der Waals surface area (Å²) in [5.74, 6) is -0.170. The van der Waals surface area contributed by atoms with Crippen molar-refractivity contribution in [2.45, 2.75) is 29.1 Å². The van der Waals surface area contributed by atoms with E-state index >= 15 is 0 Å². The molecular weight excluding hydrogens is 630 g/mol. The van der Waals surface area contributed by atoms with Crippen molar-refractivity contribution in [3.8, 4) is 5.69 Å². The molecule has 0 saturated heterocycles. The molecule has 0 aliphatic heterocycles. The first-order valence-electron chi connectivity index (χ1n) is 11.3. The van der Waals surface area contributed by atoms with E-state index in [4.69, 9.17) is 23.2 Å². The van der Waals surface area contributed by atoms with Crippen molar-refractivity contribution in [3.05, 3.63) is 69.5 Å². The lowest BCUT2D eigenvalue weighted by atomic mass is 10.2. The molecule has 4 aromatic rings. The molecule has 0 radical (unpaired) electrons. The fourth-order valence-electron chi connectivity index (χ4n) is 3.24. The van der Waals surface area contributed by atoms with Gasteiger partial charge in [-0.05, 0) is 42.2 Å². The van der Waals surface area contributed by atoms with E-state index in [0.717, 1.165) is 29.6 Å². The maximum atomic E-state index is 13.4. The molecule has 0 atom stereocenters. The fraction of sp³-hybridized carbons (Fsp3) is 0.217. The summed E-state index contributed by atoms with van der Waals surface area (Å²) in [5, 5.41) is 22.2. The van der Waals surface area contributed by atoms with Gasteiger partial charge in [0.25, 0.3) is 5.91 Å². The van der Waals surface area contributed by atoms with Gasteiger partial charge in [-0.3, -0.25) is 19.5 Å². The number of hydrogen-bond donors (Lipinski definition) is 2. The maximum Gasteiger partial charge on any atom is 0.416 e. The Hall–Kier alpha value is -2.85. The van der Waals surface area contributed by atoms with Crippen LogP contribution in [0.25, 0.3) is 5.69 Å². The van der Waals surface area contributed by atoms with Crippen molar-refractivity contribution in [1.29, 1.82) is 0 Å². The molecule has 0 saturated carbocycles. The standard InChI is InChI=1S/C23H18Cl2F3N7O2S3/c1-2-38-22-34-32-20(40-22)30-18(36)11-39-21-33-31-17(10-29-19(37)15-7-6-13(24)9-16(15)25)35(21)14-5-3-4-12(8-14)23(26,27)28/h3-9H,2,10-11H2,1H3,(H,29,37)(H,30,32,36). The average molecular weight is 649 g/mol. The molecule has 0 aliphatic carbocycles. The fourth-order valence-corrected chi connectivity index (χ4v) is 6.17. The van der Waals surface area contributed by atoms with E-state index < -0.39 is 23.6 Å². The Morgan fingerprint density at radius 3 is 2.58 bits per heavy atom. The minimum atomic E-state index is -4.59. The molecule has 2 aromatic heterocycles. The van der Waals surface area contributed by atoms with Crippen LogP contribution in [-0.4, -0.2) is 48.3 Å². The van der Waals surface area contributed by atoms with Gasteiger partial charge in [-0.25, -0.2) is 0 Å². The summed E-state index contributed by atoms with van der Waals surface area (Å²) < 4.78 is 42.4. The van der Waals surface area contributed by atoms with Gasteiger partial charge in [-0.15, -0.1) is 20.4 Å². The molecule has 2 N–H and O–H groups in total. The second kappa shape index (κ2) is 13.2. The Bertz CT molecular complexity index is 1530. The molecule has 0 aliphatic rings. The number of halogens is 5. The number of anilines is 1. The predicted molar refractivity (Wildman–Crippen MR) is 150 cm³/mol. The number of nitrogens with zero attached hydrogens (tertiary/aromatic N) is 5. The van der Waals surface area contributed by atoms with Crippen molar-refractivity contribution in [3.63, 3.8) is 0 Å². The minimum absolute atomic E-state index is 0.0989. The van der Waals surface area contributed by atoms with Gasteiger partial charge in [-0.1, -0.05) is 71.1 Å². The Labute approximate surface area is 248 Å². The van der Waals surface area contributed by atoms with E-state index in [-0.39, 0.29) is 39.6 Å². The molecule has 9 nitrogen and oxygen atoms in total. The number of aromatic nitrogens is 5. The zero-order chi connectivity index (χ0) is 28.9. The lowest BCUT2D eigenvalue weighted by Crippen LogP contribution is -2.25. The lowest BCUT2D eigenvalue weighted by Gasteiger charge is -2.13. The maximum absolute atomic E-state index is 13.4. The van der Waals surface area contributed by atoms with Crippen LogP contribution in [0, 0.1) is 0 Å². The van der Waals surface area contributed by atoms with Crippen molar-refractivity contribution >= 4 is 75.0 Å². The van der Waals surface area contributed by atoms with Crippen molar-refractivity contribution in [1.82, 2.24) is 30.3 Å². The third kappa shape index (κ3) is 7.66. The molecule has 2 aromatic carbocycles. The number of benzene rings is 2. The van der Waals surface area contributed by atoms with E-state index in [1.165, 1.54) is 58.0 Å². The van der Waals surface area contributed by atoms with Crippen molar-refractivity contribution in [2.75, 3.05) is 16.8 Å². The van der Waals surface area contributed by atoms with Crippen molar-refractivity contribution in [2.24, 2.45) is 0 Å². The third-order valence-electron chi connectivity index (χ3n) is 4.97. The van der Waals surface area contributed by atoms with Gasteiger partial charge in [-0.2, -0.15) is 13.2 Å². The first kappa shape index (κ1) is 30.1. The second-order valence-corrected chi connectivity index (χ2v) is 12.0. The molecule has 0 spiro atoms. The number of alkyl halides is 3. The highest BCUT2D eigenvalue weighted by atomic mass is 35.5. The number of nitrogens with one attached hydrogen (secondary N) is 2. The highest BCUT2D eigenvalue weighted by Crippen LogP contribution is 2.32. The largest absolute Gasteiger partial charge is 0.416 e. The van der Waals surface area contributed by atoms with Crippen LogP contribution in [0.5, 0.6) is 0 Å². The van der Waals surface area contributed by atoms with Gasteiger partial charge in [0, 0.05) is 5.02 Å². The number of carbonyl (C=O) groups is 2. The van der Waals surface area contributed by atoms with Gasteiger partial charge in [0.2, 0.25) is 11.0 Å². The molecule has 2 amide bonds. The third-order valence-corrected chi connectivity index (χ3v) is 8.30. The Morgan fingerprint density at radius 1 is 1.05 bits per heavy atom. The first-order valence-corrected chi connectivity index (χ1v) is 14.8. The van der Waals surface area contributed by atoms with E-state index in [2.05, 4.69) is 31.0 Å². The molecule has 17 heteroatoms. The quantitative estimate of drug-likeness (QED) is 0.154. The normalized spacial score (nSPS) is 11.4. The summed E-state index contributed by atoms with van der Waals surface area (Å²) in [6.07, 6.45) is -4.59. The average Bonchev–Trinajstić information content (AvgIpc) is 3.52. The highest BCUT2D eigenvalue weighted by molar-refractivity contribution is 8.01. The topological polar surface area (TPSA) is 115 Å². The van der Waals surface area contributed by atoms with Crippen LogP contribution in [-0.2, 0) is 17.5 Å². The summed E-state index contributed by atoms with van der Waals surface area (Å²) in [4.78, 5) is 25.2. The zero-order valence-corrected chi connectivity index (χ0v) is 24.3. The van der Waals surface area contributed by atoms with Crippen molar-refractivity contribution < 1.29 is 22.8 Å². The number of hydrogen-bond acceptors (Lipinski definition) is 9. The van der Waals surface area contributed by atoms with Crippen LogP contribution in [0.15, 0.2) is 52.0 Å². The van der Waals surface area contributed by atoms with Gasteiger partial charge >= 0.3 is 6.18 Å². The lowest BCUT2D eigenvalue weighted by molar-refractivity contribution is -0.137. The molecule has 2 heterocycles. The molecular formula is C23H18Cl2F3N7O2S3. The molecule has 40 heavy (non-hydrogen) atoms. The molecule has 210 valence electrons. The summed E-state index contributed by atoms with van der Waals surface area (Å²) in [7, 11) is 0. The summed E-state index contributed by atoms with van der Waals surface area (Å²) >= 11 is 15.7. The predicted octanol–water partition coefficient (Wildman–Crippen LogP) is 6.22. The monoisotopic (exact) mass is 647 g/mol. The molecule has 0 fully saturated rings. The number of rotatable bonds is 10. The van der Waals surface area contributed by atoms with E-state index in [0.29, 0.717) is 14.5 Å². The van der Waals surface area contributed by atoms with Crippen LogP contribution >= 0.6 is 58.1 Å². The van der Waals surface area contributed by atoms with E-state index in [9.17, 15) is 22.8 Å². The Morgan fingerprint density at radius 2 is 1.85 bits per heavy atom. The van der Waals surface area contributed by atoms with E-state index in [1.54, 1.807) is 0 Å². The summed E-state index contributed by atoms with van der Waals surface area (Å²) in [6, 6.07) is 8.91. The number of amides is 2. The molecule has 0 bridgehead atoms. The van der Waals surface area contributed by atoms with Crippen LogP contribution in [0.2, 0.25) is 10.0 Å². The van der Waals surface area contributed by atoms with Crippen LogP contribution in [0.4, 0.5) is 18.3 Å². The second-order valence-electron chi connectivity index (χ2n) is 7.73. The number of thioether (sulfide) groups is 2. The number of carbonyl (C=O) groups excluding carboxylic acids is 2. The minimum Gasteiger partial charge on any atom is -0.345 e. The summed E-state index contributed by atoms with van der Waals surface area (Å²) in [6.45, 7) is 1.77. The van der Waals surface area contributed by atoms with Crippen LogP contribution in [0.3, 0.4) is 0 Å². The zero-order valence-electron chi connectivity index (χ0n) is 20.3. The van der Waals surface area contributed by atoms with Gasteiger partial charge in [0.1, 0.15) is 0 Å². The molecule has 4 rings (SSSR count). The summed E-state index contributed by atoms with van der Waals surface area (Å²) in [5.41, 5.74) is -0.631. The van der Waals surface area contributed by atoms with Crippen LogP contribution < -0.4 is 10.6 Å². The van der Waals surface area contributed by atoms with Gasteiger partial charge < -0.3 is 5.32 Å².